The fourth-order valence-corrected chi connectivity index (χ4v) is 2.50. The molecule has 0 fully saturated rings. The number of carboxylic acids is 1. The minimum atomic E-state index is -4.65. The quantitative estimate of drug-likeness (QED) is 0.579. The Morgan fingerprint density at radius 2 is 1.79 bits per heavy atom. The highest BCUT2D eigenvalue weighted by molar-refractivity contribution is 5.97. The Balaban J connectivity index is 2.22. The van der Waals surface area contributed by atoms with Crippen LogP contribution in [-0.4, -0.2) is 29.0 Å². The highest BCUT2D eigenvalue weighted by atomic mass is 19.4. The van der Waals surface area contributed by atoms with Crippen LogP contribution >= 0.6 is 0 Å². The number of rotatable bonds is 6. The normalized spacial score (nSPS) is 12.1. The van der Waals surface area contributed by atoms with Gasteiger partial charge in [-0.15, -0.1) is 0 Å². The van der Waals surface area contributed by atoms with Crippen LogP contribution in [0.3, 0.4) is 0 Å². The molecule has 28 heavy (non-hydrogen) atoms. The van der Waals surface area contributed by atoms with Gasteiger partial charge in [-0.1, -0.05) is 24.3 Å². The van der Waals surface area contributed by atoms with Gasteiger partial charge in [0.15, 0.2) is 0 Å². The smallest absolute Gasteiger partial charge is 0.416 e. The van der Waals surface area contributed by atoms with E-state index in [0.717, 1.165) is 12.1 Å². The first kappa shape index (κ1) is 20.9. The Morgan fingerprint density at radius 3 is 2.39 bits per heavy atom. The van der Waals surface area contributed by atoms with Crippen LogP contribution in [0.2, 0.25) is 0 Å². The predicted molar refractivity (Wildman–Crippen MR) is 91.8 cm³/mol. The van der Waals surface area contributed by atoms with Crippen molar-refractivity contribution in [1.29, 1.82) is 0 Å². The molecule has 2 aromatic carbocycles. The minimum Gasteiger partial charge on any atom is -0.480 e. The second-order valence-electron chi connectivity index (χ2n) is 5.84. The number of esters is 1. The SMILES string of the molecule is CC(=O)Oc1cccc(C(=O)N[C@H](Cc2ccccc2C(F)(F)F)C(=O)O)c1. The summed E-state index contributed by atoms with van der Waals surface area (Å²) in [5.41, 5.74) is -1.22. The maximum absolute atomic E-state index is 13.1. The van der Waals surface area contributed by atoms with Crippen LogP contribution in [0, 0.1) is 0 Å². The van der Waals surface area contributed by atoms with E-state index in [4.69, 9.17) is 4.74 Å². The topological polar surface area (TPSA) is 92.7 Å². The number of halogens is 3. The van der Waals surface area contributed by atoms with Crippen LogP contribution < -0.4 is 10.1 Å². The van der Waals surface area contributed by atoms with E-state index in [2.05, 4.69) is 5.32 Å². The lowest BCUT2D eigenvalue weighted by Crippen LogP contribution is -2.42. The van der Waals surface area contributed by atoms with Gasteiger partial charge in [-0.05, 0) is 29.8 Å². The average Bonchev–Trinajstić information content (AvgIpc) is 2.60. The lowest BCUT2D eigenvalue weighted by molar-refractivity contribution is -0.141. The van der Waals surface area contributed by atoms with Crippen molar-refractivity contribution in [2.75, 3.05) is 0 Å². The van der Waals surface area contributed by atoms with E-state index >= 15 is 0 Å². The number of carbonyl (C=O) groups excluding carboxylic acids is 2. The Kier molecular flexibility index (Phi) is 6.40. The van der Waals surface area contributed by atoms with Crippen molar-refractivity contribution in [3.63, 3.8) is 0 Å². The summed E-state index contributed by atoms with van der Waals surface area (Å²) in [6.45, 7) is 1.17. The Hall–Kier alpha value is -3.36. The van der Waals surface area contributed by atoms with Crippen LogP contribution in [0.1, 0.15) is 28.4 Å². The summed E-state index contributed by atoms with van der Waals surface area (Å²) >= 11 is 0. The number of aliphatic carboxylic acids is 1. The molecule has 0 radical (unpaired) electrons. The van der Waals surface area contributed by atoms with E-state index in [-0.39, 0.29) is 16.9 Å². The lowest BCUT2D eigenvalue weighted by atomic mass is 9.99. The maximum Gasteiger partial charge on any atom is 0.416 e. The molecule has 0 heterocycles. The summed E-state index contributed by atoms with van der Waals surface area (Å²) in [6, 6.07) is 8.38. The van der Waals surface area contributed by atoms with Gasteiger partial charge in [-0.3, -0.25) is 9.59 Å². The third-order valence-electron chi connectivity index (χ3n) is 3.71. The molecule has 0 spiro atoms. The zero-order valence-corrected chi connectivity index (χ0v) is 14.6. The Morgan fingerprint density at radius 1 is 1.11 bits per heavy atom. The van der Waals surface area contributed by atoms with Crippen LogP contribution in [0.25, 0.3) is 0 Å². The van der Waals surface area contributed by atoms with Gasteiger partial charge in [-0.2, -0.15) is 13.2 Å². The predicted octanol–water partition coefficient (Wildman–Crippen LogP) is 3.06. The summed E-state index contributed by atoms with van der Waals surface area (Å²) in [5, 5.41) is 11.5. The molecule has 2 aromatic rings. The minimum absolute atomic E-state index is 0.00546. The molecule has 1 atom stereocenters. The first-order chi connectivity index (χ1) is 13.1. The molecular formula is C19H16F3NO5. The monoisotopic (exact) mass is 395 g/mol. The molecule has 148 valence electrons. The molecule has 6 nitrogen and oxygen atoms in total. The number of carbonyl (C=O) groups is 3. The van der Waals surface area contributed by atoms with Gasteiger partial charge < -0.3 is 15.2 Å². The van der Waals surface area contributed by atoms with Crippen LogP contribution in [-0.2, 0) is 22.2 Å². The van der Waals surface area contributed by atoms with E-state index in [1.54, 1.807) is 0 Å². The molecule has 1 amide bonds. The second kappa shape index (κ2) is 8.55. The third-order valence-corrected chi connectivity index (χ3v) is 3.71. The molecule has 2 rings (SSSR count). The number of hydrogen-bond acceptors (Lipinski definition) is 4. The number of benzene rings is 2. The number of alkyl halides is 3. The van der Waals surface area contributed by atoms with Crippen molar-refractivity contribution >= 4 is 17.8 Å². The summed E-state index contributed by atoms with van der Waals surface area (Å²) in [5.74, 6) is -2.84. The first-order valence-corrected chi connectivity index (χ1v) is 8.05. The van der Waals surface area contributed by atoms with Crippen molar-refractivity contribution in [1.82, 2.24) is 5.32 Å². The summed E-state index contributed by atoms with van der Waals surface area (Å²) < 4.78 is 44.1. The molecule has 0 aliphatic rings. The van der Waals surface area contributed by atoms with Gasteiger partial charge in [0.2, 0.25) is 0 Å². The maximum atomic E-state index is 13.1. The van der Waals surface area contributed by atoms with Crippen molar-refractivity contribution in [3.8, 4) is 5.75 Å². The van der Waals surface area contributed by atoms with Gasteiger partial charge in [0.25, 0.3) is 5.91 Å². The molecule has 0 unspecified atom stereocenters. The van der Waals surface area contributed by atoms with E-state index < -0.39 is 42.0 Å². The number of nitrogens with one attached hydrogen (secondary N) is 1. The molecular weight excluding hydrogens is 379 g/mol. The van der Waals surface area contributed by atoms with E-state index in [1.807, 2.05) is 0 Å². The fourth-order valence-electron chi connectivity index (χ4n) is 2.50. The molecule has 0 saturated heterocycles. The van der Waals surface area contributed by atoms with Crippen molar-refractivity contribution < 1.29 is 37.4 Å². The van der Waals surface area contributed by atoms with Gasteiger partial charge in [0.05, 0.1) is 5.56 Å². The third kappa shape index (κ3) is 5.57. The zero-order valence-electron chi connectivity index (χ0n) is 14.6. The number of amides is 1. The van der Waals surface area contributed by atoms with Gasteiger partial charge >= 0.3 is 18.1 Å². The molecule has 2 N–H and O–H groups in total. The molecule has 0 bridgehead atoms. The molecule has 9 heteroatoms. The van der Waals surface area contributed by atoms with E-state index in [0.29, 0.717) is 0 Å². The largest absolute Gasteiger partial charge is 0.480 e. The number of ether oxygens (including phenoxy) is 1. The van der Waals surface area contributed by atoms with Crippen molar-refractivity contribution in [3.05, 3.63) is 65.2 Å². The fraction of sp³-hybridized carbons (Fsp3) is 0.211. The zero-order chi connectivity index (χ0) is 20.9. The molecule has 0 aromatic heterocycles. The van der Waals surface area contributed by atoms with Gasteiger partial charge in [0, 0.05) is 18.9 Å². The molecule has 0 aliphatic carbocycles. The number of hydrogen-bond donors (Lipinski definition) is 2. The van der Waals surface area contributed by atoms with Gasteiger partial charge in [-0.25, -0.2) is 4.79 Å². The molecule has 0 saturated carbocycles. The van der Waals surface area contributed by atoms with Crippen LogP contribution in [0.15, 0.2) is 48.5 Å². The summed E-state index contributed by atoms with van der Waals surface area (Å²) in [6.07, 6.45) is -5.21. The highest BCUT2D eigenvalue weighted by Gasteiger charge is 2.34. The first-order valence-electron chi connectivity index (χ1n) is 8.05. The van der Waals surface area contributed by atoms with Crippen molar-refractivity contribution in [2.24, 2.45) is 0 Å². The Labute approximate surface area is 157 Å². The summed E-state index contributed by atoms with van der Waals surface area (Å²) in [4.78, 5) is 34.8. The number of carboxylic acid groups (broad SMARTS) is 1. The van der Waals surface area contributed by atoms with Crippen LogP contribution in [0.5, 0.6) is 5.75 Å². The van der Waals surface area contributed by atoms with Crippen molar-refractivity contribution in [2.45, 2.75) is 25.6 Å². The van der Waals surface area contributed by atoms with E-state index in [1.165, 1.54) is 43.3 Å². The lowest BCUT2D eigenvalue weighted by Gasteiger charge is -2.18. The van der Waals surface area contributed by atoms with Gasteiger partial charge in [0.1, 0.15) is 11.8 Å². The molecule has 0 aliphatic heterocycles. The second-order valence-corrected chi connectivity index (χ2v) is 5.84. The highest BCUT2D eigenvalue weighted by Crippen LogP contribution is 2.32. The summed E-state index contributed by atoms with van der Waals surface area (Å²) in [7, 11) is 0. The van der Waals surface area contributed by atoms with Crippen LogP contribution in [0.4, 0.5) is 13.2 Å². The average molecular weight is 395 g/mol. The van der Waals surface area contributed by atoms with E-state index in [9.17, 15) is 32.7 Å². The standard InChI is InChI=1S/C19H16F3NO5/c1-11(24)28-14-7-4-6-13(9-14)17(25)23-16(18(26)27)10-12-5-2-3-8-15(12)19(20,21)22/h2-9,16H,10H2,1H3,(H,23,25)(H,26,27)/t16-/m1/s1. The Bertz CT molecular complexity index is 895.